The van der Waals surface area contributed by atoms with E-state index in [9.17, 15) is 4.79 Å². The zero-order valence-electron chi connectivity index (χ0n) is 6.80. The Labute approximate surface area is 90.0 Å². The number of halogens is 2. The molecule has 1 rings (SSSR count). The number of hydrogen-bond donors (Lipinski definition) is 0. The molecule has 0 aromatic heterocycles. The molecule has 1 aromatic rings. The van der Waals surface area contributed by atoms with Gasteiger partial charge in [0.2, 0.25) is 0 Å². The predicted octanol–water partition coefficient (Wildman–Crippen LogP) is 3.37. The summed E-state index contributed by atoms with van der Waals surface area (Å²) in [7, 11) is 0. The van der Waals surface area contributed by atoms with E-state index in [0.717, 1.165) is 10.0 Å². The molecule has 0 aliphatic heterocycles. The van der Waals surface area contributed by atoms with Crippen LogP contribution in [0, 0.1) is 0 Å². The normalized spacial score (nSPS) is 9.69. The van der Waals surface area contributed by atoms with Crippen LogP contribution >= 0.6 is 27.5 Å². The van der Waals surface area contributed by atoms with E-state index in [4.69, 9.17) is 11.6 Å². The molecular weight excluding hydrogens is 255 g/mol. The Morgan fingerprint density at radius 1 is 1.46 bits per heavy atom. The summed E-state index contributed by atoms with van der Waals surface area (Å²) >= 11 is 8.40. The van der Waals surface area contributed by atoms with Gasteiger partial charge < -0.3 is 4.74 Å². The van der Waals surface area contributed by atoms with Crippen molar-refractivity contribution in [2.24, 2.45) is 0 Å². The van der Waals surface area contributed by atoms with Crippen molar-refractivity contribution in [3.05, 3.63) is 34.3 Å². The molecule has 0 aliphatic rings. The standard InChI is InChI=1S/C9H8BrClO2/c10-8-4-2-1-3-7(8)5-6-13-9(11)12/h1-4H,5-6H2. The van der Waals surface area contributed by atoms with E-state index in [0.29, 0.717) is 13.0 Å². The van der Waals surface area contributed by atoms with E-state index in [1.165, 1.54) is 0 Å². The molecule has 0 radical (unpaired) electrons. The van der Waals surface area contributed by atoms with Crippen LogP contribution < -0.4 is 0 Å². The average Bonchev–Trinajstić information content (AvgIpc) is 2.08. The molecule has 4 heteroatoms. The first-order chi connectivity index (χ1) is 6.20. The minimum atomic E-state index is -0.757. The van der Waals surface area contributed by atoms with Gasteiger partial charge in [-0.2, -0.15) is 0 Å². The highest BCUT2D eigenvalue weighted by Gasteiger charge is 2.00. The Hall–Kier alpha value is -0.540. The van der Waals surface area contributed by atoms with Crippen LogP contribution in [0.15, 0.2) is 28.7 Å². The third-order valence-corrected chi connectivity index (χ3v) is 2.43. The lowest BCUT2D eigenvalue weighted by atomic mass is 10.2. The first-order valence-corrected chi connectivity index (χ1v) is 4.93. The van der Waals surface area contributed by atoms with Gasteiger partial charge in [0.1, 0.15) is 0 Å². The van der Waals surface area contributed by atoms with Crippen LogP contribution in [0.4, 0.5) is 4.79 Å². The van der Waals surface area contributed by atoms with Crippen molar-refractivity contribution in [1.29, 1.82) is 0 Å². The van der Waals surface area contributed by atoms with Gasteiger partial charge in [0, 0.05) is 22.5 Å². The second kappa shape index (κ2) is 5.25. The summed E-state index contributed by atoms with van der Waals surface area (Å²) in [6.45, 7) is 0.310. The largest absolute Gasteiger partial charge is 0.453 e. The number of ether oxygens (including phenoxy) is 1. The van der Waals surface area contributed by atoms with Gasteiger partial charge in [0.25, 0.3) is 0 Å². The summed E-state index contributed by atoms with van der Waals surface area (Å²) in [6.07, 6.45) is 0.667. The van der Waals surface area contributed by atoms with Crippen LogP contribution in [0.3, 0.4) is 0 Å². The van der Waals surface area contributed by atoms with Crippen molar-refractivity contribution >= 4 is 33.0 Å². The maximum absolute atomic E-state index is 10.3. The quantitative estimate of drug-likeness (QED) is 0.782. The Balaban J connectivity index is 2.45. The molecule has 0 fully saturated rings. The average molecular weight is 264 g/mol. The molecule has 0 amide bonds. The van der Waals surface area contributed by atoms with E-state index in [2.05, 4.69) is 20.7 Å². The van der Waals surface area contributed by atoms with Crippen molar-refractivity contribution in [1.82, 2.24) is 0 Å². The lowest BCUT2D eigenvalue weighted by Crippen LogP contribution is -2.00. The van der Waals surface area contributed by atoms with Gasteiger partial charge in [-0.25, -0.2) is 4.79 Å². The molecule has 2 nitrogen and oxygen atoms in total. The van der Waals surface area contributed by atoms with E-state index < -0.39 is 5.43 Å². The molecule has 0 unspecified atom stereocenters. The molecular formula is C9H8BrClO2. The second-order valence-electron chi connectivity index (χ2n) is 2.43. The van der Waals surface area contributed by atoms with Gasteiger partial charge in [0.15, 0.2) is 0 Å². The van der Waals surface area contributed by atoms with Gasteiger partial charge in [0.05, 0.1) is 6.61 Å². The first-order valence-electron chi connectivity index (χ1n) is 3.76. The van der Waals surface area contributed by atoms with Crippen LogP contribution in [-0.2, 0) is 11.2 Å². The van der Waals surface area contributed by atoms with Gasteiger partial charge in [-0.1, -0.05) is 34.1 Å². The Morgan fingerprint density at radius 2 is 2.15 bits per heavy atom. The van der Waals surface area contributed by atoms with Crippen LogP contribution in [0.1, 0.15) is 5.56 Å². The number of benzene rings is 1. The maximum Gasteiger partial charge on any atom is 0.403 e. The highest BCUT2D eigenvalue weighted by molar-refractivity contribution is 9.10. The van der Waals surface area contributed by atoms with Crippen LogP contribution in [0.5, 0.6) is 0 Å². The summed E-state index contributed by atoms with van der Waals surface area (Å²) in [5.74, 6) is 0. The minimum Gasteiger partial charge on any atom is -0.453 e. The van der Waals surface area contributed by atoms with E-state index in [1.807, 2.05) is 24.3 Å². The van der Waals surface area contributed by atoms with Crippen molar-refractivity contribution in [2.75, 3.05) is 6.61 Å². The van der Waals surface area contributed by atoms with E-state index >= 15 is 0 Å². The summed E-state index contributed by atoms with van der Waals surface area (Å²) in [6, 6.07) is 7.77. The molecule has 0 saturated heterocycles. The van der Waals surface area contributed by atoms with Gasteiger partial charge in [-0.15, -0.1) is 0 Å². The number of rotatable bonds is 3. The Bertz CT molecular complexity index is 301. The molecule has 13 heavy (non-hydrogen) atoms. The molecule has 0 spiro atoms. The van der Waals surface area contributed by atoms with Gasteiger partial charge in [-0.3, -0.25) is 0 Å². The molecule has 70 valence electrons. The molecule has 0 saturated carbocycles. The topological polar surface area (TPSA) is 26.3 Å². The number of carbonyl (C=O) groups excluding carboxylic acids is 1. The van der Waals surface area contributed by atoms with Gasteiger partial charge >= 0.3 is 5.43 Å². The zero-order chi connectivity index (χ0) is 9.68. The van der Waals surface area contributed by atoms with Crippen molar-refractivity contribution in [2.45, 2.75) is 6.42 Å². The highest BCUT2D eigenvalue weighted by Crippen LogP contribution is 2.16. The Kier molecular flexibility index (Phi) is 4.25. The summed E-state index contributed by atoms with van der Waals surface area (Å²) in [5.41, 5.74) is 0.340. The van der Waals surface area contributed by atoms with Gasteiger partial charge in [-0.05, 0) is 11.6 Å². The highest BCUT2D eigenvalue weighted by atomic mass is 79.9. The summed E-state index contributed by atoms with van der Waals surface area (Å²) < 4.78 is 5.62. The second-order valence-corrected chi connectivity index (χ2v) is 3.59. The third kappa shape index (κ3) is 3.79. The number of carbonyl (C=O) groups is 1. The fraction of sp³-hybridized carbons (Fsp3) is 0.222. The summed E-state index contributed by atoms with van der Waals surface area (Å²) in [5, 5.41) is 0. The first kappa shape index (κ1) is 10.5. The van der Waals surface area contributed by atoms with Crippen molar-refractivity contribution in [3.8, 4) is 0 Å². The van der Waals surface area contributed by atoms with Crippen LogP contribution in [0.2, 0.25) is 0 Å². The Morgan fingerprint density at radius 3 is 2.77 bits per heavy atom. The van der Waals surface area contributed by atoms with Crippen LogP contribution in [-0.4, -0.2) is 12.0 Å². The van der Waals surface area contributed by atoms with Crippen molar-refractivity contribution < 1.29 is 9.53 Å². The lowest BCUT2D eigenvalue weighted by molar-refractivity contribution is 0.175. The van der Waals surface area contributed by atoms with Crippen molar-refractivity contribution in [3.63, 3.8) is 0 Å². The monoisotopic (exact) mass is 262 g/mol. The third-order valence-electron chi connectivity index (χ3n) is 1.54. The minimum absolute atomic E-state index is 0.310. The molecule has 0 bridgehead atoms. The lowest BCUT2D eigenvalue weighted by Gasteiger charge is -2.03. The van der Waals surface area contributed by atoms with E-state index in [-0.39, 0.29) is 0 Å². The smallest absolute Gasteiger partial charge is 0.403 e. The maximum atomic E-state index is 10.3. The predicted molar refractivity (Wildman–Crippen MR) is 55.0 cm³/mol. The molecule has 0 atom stereocenters. The van der Waals surface area contributed by atoms with E-state index in [1.54, 1.807) is 0 Å². The molecule has 0 aliphatic carbocycles. The molecule has 0 N–H and O–H groups in total. The zero-order valence-corrected chi connectivity index (χ0v) is 9.14. The summed E-state index contributed by atoms with van der Waals surface area (Å²) in [4.78, 5) is 10.3. The molecule has 1 aromatic carbocycles. The molecule has 0 heterocycles. The number of hydrogen-bond acceptors (Lipinski definition) is 2. The van der Waals surface area contributed by atoms with Crippen LogP contribution in [0.25, 0.3) is 0 Å². The SMILES string of the molecule is O=C(Cl)OCCc1ccccc1Br. The fourth-order valence-electron chi connectivity index (χ4n) is 0.942. The fourth-order valence-corrected chi connectivity index (χ4v) is 1.50.